The van der Waals surface area contributed by atoms with Crippen LogP contribution in [0.3, 0.4) is 0 Å². The van der Waals surface area contributed by atoms with Crippen LogP contribution in [0, 0.1) is 0 Å². The Bertz CT molecular complexity index is 1020. The average Bonchev–Trinajstić information content (AvgIpc) is 3.32. The zero-order valence-electron chi connectivity index (χ0n) is 19.1. The number of amides is 1. The van der Waals surface area contributed by atoms with E-state index in [1.165, 1.54) is 0 Å². The summed E-state index contributed by atoms with van der Waals surface area (Å²) in [6.07, 6.45) is 0.829. The van der Waals surface area contributed by atoms with Gasteiger partial charge >= 0.3 is 0 Å². The fraction of sp³-hybridized carbons (Fsp3) is 0.360. The predicted molar refractivity (Wildman–Crippen MR) is 131 cm³/mol. The van der Waals surface area contributed by atoms with E-state index in [0.717, 1.165) is 59.5 Å². The van der Waals surface area contributed by atoms with Crippen molar-refractivity contribution in [3.8, 4) is 11.5 Å². The zero-order valence-corrected chi connectivity index (χ0v) is 19.9. The van der Waals surface area contributed by atoms with E-state index >= 15 is 0 Å². The number of carbonyl (C=O) groups excluding carboxylic acids is 1. The van der Waals surface area contributed by atoms with Gasteiger partial charge in [0, 0.05) is 44.5 Å². The molecule has 0 radical (unpaired) electrons. The van der Waals surface area contributed by atoms with E-state index < -0.39 is 0 Å². The molecule has 2 heterocycles. The lowest BCUT2D eigenvalue weighted by molar-refractivity contribution is -0.124. The first-order valence-electron chi connectivity index (χ1n) is 11.1. The van der Waals surface area contributed by atoms with Crippen molar-refractivity contribution in [2.24, 2.45) is 0 Å². The number of hydrogen-bond donors (Lipinski definition) is 1. The molecule has 1 fully saturated rings. The highest BCUT2D eigenvalue weighted by Crippen LogP contribution is 2.27. The second-order valence-corrected chi connectivity index (χ2v) is 8.89. The maximum Gasteiger partial charge on any atom is 0.234 e. The number of ether oxygens (including phenoxy) is 2. The van der Waals surface area contributed by atoms with Crippen molar-refractivity contribution in [1.82, 2.24) is 15.2 Å². The number of nitrogens with zero attached hydrogens (tertiary/aromatic N) is 3. The van der Waals surface area contributed by atoms with E-state index in [0.29, 0.717) is 19.6 Å². The first-order chi connectivity index (χ1) is 16.1. The lowest BCUT2D eigenvalue weighted by Crippen LogP contribution is -2.48. The van der Waals surface area contributed by atoms with Crippen LogP contribution in [0.5, 0.6) is 11.5 Å². The average molecular weight is 467 g/mol. The Hall–Kier alpha value is -3.10. The van der Waals surface area contributed by atoms with Crippen molar-refractivity contribution in [2.45, 2.75) is 19.5 Å². The summed E-state index contributed by atoms with van der Waals surface area (Å²) in [5.41, 5.74) is 3.38. The molecule has 7 nitrogen and oxygen atoms in total. The molecule has 4 rings (SSSR count). The molecule has 1 aliphatic rings. The van der Waals surface area contributed by atoms with Gasteiger partial charge in [-0.25, -0.2) is 4.98 Å². The highest BCUT2D eigenvalue weighted by Gasteiger charge is 2.17. The quantitative estimate of drug-likeness (QED) is 0.494. The van der Waals surface area contributed by atoms with Gasteiger partial charge in [-0.2, -0.15) is 0 Å². The van der Waals surface area contributed by atoms with Crippen LogP contribution in [0.25, 0.3) is 0 Å². The highest BCUT2D eigenvalue weighted by atomic mass is 32.1. The molecule has 0 bridgehead atoms. The Balaban J connectivity index is 1.50. The van der Waals surface area contributed by atoms with Crippen molar-refractivity contribution in [3.05, 3.63) is 70.7 Å². The van der Waals surface area contributed by atoms with E-state index in [-0.39, 0.29) is 5.91 Å². The number of anilines is 1. The van der Waals surface area contributed by atoms with E-state index in [9.17, 15) is 4.79 Å². The van der Waals surface area contributed by atoms with Gasteiger partial charge in [0.1, 0.15) is 11.5 Å². The van der Waals surface area contributed by atoms with E-state index in [2.05, 4.69) is 44.8 Å². The molecule has 0 spiro atoms. The lowest BCUT2D eigenvalue weighted by Gasteiger charge is -2.26. The number of aromatic nitrogens is 1. The topological polar surface area (TPSA) is 66.9 Å². The minimum atomic E-state index is 0.1000. The zero-order chi connectivity index (χ0) is 23.0. The molecule has 0 aliphatic carbocycles. The van der Waals surface area contributed by atoms with Gasteiger partial charge in [0.2, 0.25) is 5.91 Å². The summed E-state index contributed by atoms with van der Waals surface area (Å²) >= 11 is 1.66. The number of carbonyl (C=O) groups is 1. The number of thiazole rings is 1. The standard InChI is InChI=1S/C25H30N4O3S/c1-31-22-7-3-5-19(13-22)15-29(16-20-6-4-8-23(14-20)32-2)25-27-21(18-33-25)9-11-28-12-10-26-24(30)17-28/h3-8,13-14,18H,9-12,15-17H2,1-2H3,(H,26,30). The van der Waals surface area contributed by atoms with Crippen molar-refractivity contribution < 1.29 is 14.3 Å². The minimum Gasteiger partial charge on any atom is -0.497 e. The molecule has 174 valence electrons. The molecule has 0 unspecified atom stereocenters. The number of methoxy groups -OCH3 is 2. The van der Waals surface area contributed by atoms with Crippen LogP contribution in [0.1, 0.15) is 16.8 Å². The van der Waals surface area contributed by atoms with Gasteiger partial charge in [-0.15, -0.1) is 11.3 Å². The Morgan fingerprint density at radius 2 is 1.73 bits per heavy atom. The molecule has 1 aliphatic heterocycles. The minimum absolute atomic E-state index is 0.1000. The van der Waals surface area contributed by atoms with Gasteiger partial charge < -0.3 is 19.7 Å². The largest absolute Gasteiger partial charge is 0.497 e. The molecule has 1 saturated heterocycles. The van der Waals surface area contributed by atoms with Crippen molar-refractivity contribution >= 4 is 22.4 Å². The van der Waals surface area contributed by atoms with Gasteiger partial charge in [0.15, 0.2) is 5.13 Å². The first kappa shape index (κ1) is 23.1. The second kappa shape index (κ2) is 11.2. The molecule has 1 N–H and O–H groups in total. The van der Waals surface area contributed by atoms with Gasteiger partial charge in [-0.3, -0.25) is 9.69 Å². The normalized spacial score (nSPS) is 14.1. The maximum atomic E-state index is 11.6. The summed E-state index contributed by atoms with van der Waals surface area (Å²) in [7, 11) is 3.37. The SMILES string of the molecule is COc1cccc(CN(Cc2cccc(OC)c2)c2nc(CCN3CCNC(=O)C3)cs2)c1. The monoisotopic (exact) mass is 466 g/mol. The molecule has 33 heavy (non-hydrogen) atoms. The Labute approximate surface area is 199 Å². The molecule has 1 amide bonds. The number of piperazine rings is 1. The summed E-state index contributed by atoms with van der Waals surface area (Å²) in [6, 6.07) is 16.3. The fourth-order valence-corrected chi connectivity index (χ4v) is 4.75. The van der Waals surface area contributed by atoms with E-state index in [4.69, 9.17) is 14.5 Å². The van der Waals surface area contributed by atoms with Crippen molar-refractivity contribution in [1.29, 1.82) is 0 Å². The molecule has 8 heteroatoms. The van der Waals surface area contributed by atoms with Gasteiger partial charge in [0.25, 0.3) is 0 Å². The summed E-state index contributed by atoms with van der Waals surface area (Å²) in [5, 5.41) is 5.98. The highest BCUT2D eigenvalue weighted by molar-refractivity contribution is 7.13. The fourth-order valence-electron chi connectivity index (χ4n) is 3.88. The predicted octanol–water partition coefficient (Wildman–Crippen LogP) is 3.34. The second-order valence-electron chi connectivity index (χ2n) is 8.06. The molecule has 0 saturated carbocycles. The van der Waals surface area contributed by atoms with Crippen LogP contribution in [-0.2, 0) is 24.3 Å². The summed E-state index contributed by atoms with van der Waals surface area (Å²) in [5.74, 6) is 1.79. The third-order valence-corrected chi connectivity index (χ3v) is 6.58. The molecular formula is C25H30N4O3S. The van der Waals surface area contributed by atoms with Crippen LogP contribution in [0.15, 0.2) is 53.9 Å². The molecule has 0 atom stereocenters. The van der Waals surface area contributed by atoms with E-state index in [1.54, 1.807) is 25.6 Å². The Kier molecular flexibility index (Phi) is 7.80. The Morgan fingerprint density at radius 1 is 1.06 bits per heavy atom. The molecule has 3 aromatic rings. The molecular weight excluding hydrogens is 436 g/mol. The van der Waals surface area contributed by atoms with Crippen LogP contribution in [-0.4, -0.2) is 56.2 Å². The van der Waals surface area contributed by atoms with Crippen LogP contribution < -0.4 is 19.7 Å². The number of hydrogen-bond acceptors (Lipinski definition) is 7. The van der Waals surface area contributed by atoms with Crippen LogP contribution >= 0.6 is 11.3 Å². The van der Waals surface area contributed by atoms with Gasteiger partial charge in [-0.1, -0.05) is 24.3 Å². The summed E-state index contributed by atoms with van der Waals surface area (Å²) < 4.78 is 10.8. The summed E-state index contributed by atoms with van der Waals surface area (Å²) in [4.78, 5) is 21.0. The van der Waals surface area contributed by atoms with Gasteiger partial charge in [-0.05, 0) is 35.4 Å². The lowest BCUT2D eigenvalue weighted by atomic mass is 10.1. The number of benzene rings is 2. The van der Waals surface area contributed by atoms with Crippen LogP contribution in [0.2, 0.25) is 0 Å². The van der Waals surface area contributed by atoms with Crippen LogP contribution in [0.4, 0.5) is 5.13 Å². The maximum absolute atomic E-state index is 11.6. The number of rotatable bonds is 10. The summed E-state index contributed by atoms with van der Waals surface area (Å²) in [6.45, 7) is 4.34. The number of nitrogens with one attached hydrogen (secondary N) is 1. The van der Waals surface area contributed by atoms with Gasteiger partial charge in [0.05, 0.1) is 26.5 Å². The Morgan fingerprint density at radius 3 is 2.33 bits per heavy atom. The first-order valence-corrected chi connectivity index (χ1v) is 11.9. The van der Waals surface area contributed by atoms with E-state index in [1.807, 2.05) is 24.3 Å². The molecule has 2 aromatic carbocycles. The smallest absolute Gasteiger partial charge is 0.234 e. The third-order valence-electron chi connectivity index (χ3n) is 5.63. The third kappa shape index (κ3) is 6.46. The van der Waals surface area contributed by atoms with Crippen molar-refractivity contribution in [2.75, 3.05) is 45.3 Å². The molecule has 1 aromatic heterocycles. The van der Waals surface area contributed by atoms with Crippen molar-refractivity contribution in [3.63, 3.8) is 0 Å².